The van der Waals surface area contributed by atoms with E-state index in [1.807, 2.05) is 11.7 Å². The molecular formula is C12H17N3O. The highest BCUT2D eigenvalue weighted by Crippen LogP contribution is 2.28. The van der Waals surface area contributed by atoms with Crippen molar-refractivity contribution < 1.29 is 4.74 Å². The number of nitrogens with zero attached hydrogens (tertiary/aromatic N) is 3. The first-order valence-electron chi connectivity index (χ1n) is 5.74. The molecule has 0 N–H and O–H groups in total. The largest absolute Gasteiger partial charge is 0.381 e. The van der Waals surface area contributed by atoms with E-state index in [9.17, 15) is 0 Å². The zero-order valence-corrected chi connectivity index (χ0v) is 9.65. The summed E-state index contributed by atoms with van der Waals surface area (Å²) in [6.45, 7) is 9.08. The maximum absolute atomic E-state index is 6.85. The average molecular weight is 219 g/mol. The third-order valence-corrected chi connectivity index (χ3v) is 3.04. The summed E-state index contributed by atoms with van der Waals surface area (Å²) in [5.41, 5.74) is 2.43. The zero-order valence-electron chi connectivity index (χ0n) is 9.65. The van der Waals surface area contributed by atoms with Crippen molar-refractivity contribution >= 4 is 0 Å². The third-order valence-electron chi connectivity index (χ3n) is 3.04. The van der Waals surface area contributed by atoms with Crippen molar-refractivity contribution in [2.75, 3.05) is 19.8 Å². The van der Waals surface area contributed by atoms with Crippen molar-refractivity contribution in [1.29, 1.82) is 0 Å². The number of ether oxygens (including phenoxy) is 1. The topological polar surface area (TPSA) is 31.4 Å². The van der Waals surface area contributed by atoms with E-state index in [2.05, 4.69) is 16.1 Å². The molecule has 0 spiro atoms. The van der Waals surface area contributed by atoms with Gasteiger partial charge < -0.3 is 9.58 Å². The Bertz CT molecular complexity index is 385. The second-order valence-electron chi connectivity index (χ2n) is 4.23. The van der Waals surface area contributed by atoms with E-state index in [0.717, 1.165) is 32.5 Å². The molecule has 1 fully saturated rings. The molecule has 0 aromatic carbocycles. The van der Waals surface area contributed by atoms with Crippen LogP contribution in [-0.2, 0) is 18.2 Å². The first-order chi connectivity index (χ1) is 7.81. The highest BCUT2D eigenvalue weighted by molar-refractivity contribution is 5.22. The Kier molecular flexibility index (Phi) is 3.58. The second kappa shape index (κ2) is 5.13. The minimum atomic E-state index is 0.524. The molecule has 1 saturated heterocycles. The quantitative estimate of drug-likeness (QED) is 0.726. The molecule has 1 aliphatic heterocycles. The second-order valence-corrected chi connectivity index (χ2v) is 4.23. The molecule has 0 bridgehead atoms. The Morgan fingerprint density at radius 2 is 2.31 bits per heavy atom. The van der Waals surface area contributed by atoms with Crippen LogP contribution in [0, 0.1) is 6.57 Å². The summed E-state index contributed by atoms with van der Waals surface area (Å²) in [7, 11) is 1.95. The van der Waals surface area contributed by atoms with Crippen LogP contribution in [0.25, 0.3) is 4.85 Å². The molecule has 2 rings (SSSR count). The van der Waals surface area contributed by atoms with Crippen molar-refractivity contribution in [2.24, 2.45) is 7.05 Å². The molecule has 1 aliphatic rings. The molecule has 0 unspecified atom stereocenters. The van der Waals surface area contributed by atoms with Gasteiger partial charge in [-0.15, -0.1) is 0 Å². The van der Waals surface area contributed by atoms with Crippen LogP contribution in [0.3, 0.4) is 0 Å². The molecule has 86 valence electrons. The standard InChI is InChI=1S/C12H17N3O/c1-13-6-3-11-9-15(2)14-12(11)10-4-7-16-8-5-10/h9-10H,3-8H2,2H3. The van der Waals surface area contributed by atoms with Crippen LogP contribution in [0.1, 0.15) is 30.0 Å². The van der Waals surface area contributed by atoms with Gasteiger partial charge >= 0.3 is 0 Å². The summed E-state index contributed by atoms with van der Waals surface area (Å²) in [4.78, 5) is 3.41. The Labute approximate surface area is 96.0 Å². The summed E-state index contributed by atoms with van der Waals surface area (Å²) in [6.07, 6.45) is 4.99. The molecule has 1 aromatic rings. The lowest BCUT2D eigenvalue weighted by Crippen LogP contribution is -2.16. The first kappa shape index (κ1) is 11.2. The molecule has 4 heteroatoms. The monoisotopic (exact) mass is 219 g/mol. The lowest BCUT2D eigenvalue weighted by Gasteiger charge is -2.21. The van der Waals surface area contributed by atoms with Crippen LogP contribution in [0.5, 0.6) is 0 Å². The van der Waals surface area contributed by atoms with Crippen molar-refractivity contribution in [3.8, 4) is 0 Å². The van der Waals surface area contributed by atoms with E-state index in [0.29, 0.717) is 12.5 Å². The van der Waals surface area contributed by atoms with Crippen molar-refractivity contribution in [3.63, 3.8) is 0 Å². The molecule has 16 heavy (non-hydrogen) atoms. The van der Waals surface area contributed by atoms with E-state index in [1.165, 1.54) is 11.3 Å². The van der Waals surface area contributed by atoms with Crippen LogP contribution < -0.4 is 0 Å². The van der Waals surface area contributed by atoms with Crippen LogP contribution in [0.2, 0.25) is 0 Å². The summed E-state index contributed by atoms with van der Waals surface area (Å²) in [5.74, 6) is 0.524. The number of aromatic nitrogens is 2. The minimum absolute atomic E-state index is 0.524. The highest BCUT2D eigenvalue weighted by atomic mass is 16.5. The molecule has 0 atom stereocenters. The van der Waals surface area contributed by atoms with E-state index >= 15 is 0 Å². The summed E-state index contributed by atoms with van der Waals surface area (Å²) >= 11 is 0. The van der Waals surface area contributed by atoms with Gasteiger partial charge in [-0.2, -0.15) is 5.10 Å². The first-order valence-corrected chi connectivity index (χ1v) is 5.74. The van der Waals surface area contributed by atoms with Crippen LogP contribution in [-0.4, -0.2) is 29.5 Å². The summed E-state index contributed by atoms with van der Waals surface area (Å²) in [6, 6.07) is 0. The van der Waals surface area contributed by atoms with Gasteiger partial charge in [-0.1, -0.05) is 0 Å². The minimum Gasteiger partial charge on any atom is -0.381 e. The Hall–Kier alpha value is -1.34. The fourth-order valence-corrected chi connectivity index (χ4v) is 2.24. The predicted octanol–water partition coefficient (Wildman–Crippen LogP) is 1.78. The van der Waals surface area contributed by atoms with E-state index in [4.69, 9.17) is 11.3 Å². The SMILES string of the molecule is [C-]#[N+]CCc1cn(C)nc1C1CCOCC1. The Balaban J connectivity index is 2.14. The smallest absolute Gasteiger partial charge is 0.218 e. The van der Waals surface area contributed by atoms with E-state index in [1.54, 1.807) is 0 Å². The normalized spacial score (nSPS) is 17.2. The number of hydrogen-bond acceptors (Lipinski definition) is 2. The molecular weight excluding hydrogens is 202 g/mol. The van der Waals surface area contributed by atoms with Crippen molar-refractivity contribution in [2.45, 2.75) is 25.2 Å². The van der Waals surface area contributed by atoms with Gasteiger partial charge in [0.1, 0.15) is 0 Å². The van der Waals surface area contributed by atoms with Gasteiger partial charge in [-0.25, -0.2) is 6.57 Å². The van der Waals surface area contributed by atoms with Gasteiger partial charge in [0, 0.05) is 44.4 Å². The van der Waals surface area contributed by atoms with E-state index in [-0.39, 0.29) is 0 Å². The van der Waals surface area contributed by atoms with Gasteiger partial charge in [0.05, 0.1) is 5.69 Å². The van der Waals surface area contributed by atoms with Crippen molar-refractivity contribution in [3.05, 3.63) is 28.9 Å². The molecule has 0 radical (unpaired) electrons. The molecule has 0 aliphatic carbocycles. The fourth-order valence-electron chi connectivity index (χ4n) is 2.24. The highest BCUT2D eigenvalue weighted by Gasteiger charge is 2.21. The van der Waals surface area contributed by atoms with Crippen LogP contribution in [0.4, 0.5) is 0 Å². The maximum atomic E-state index is 6.85. The van der Waals surface area contributed by atoms with Gasteiger partial charge in [0.15, 0.2) is 0 Å². The summed E-state index contributed by atoms with van der Waals surface area (Å²) < 4.78 is 7.23. The predicted molar refractivity (Wildman–Crippen MR) is 61.2 cm³/mol. The number of aryl methyl sites for hydroxylation is 1. The average Bonchev–Trinajstić information content (AvgIpc) is 2.69. The maximum Gasteiger partial charge on any atom is 0.218 e. The molecule has 2 heterocycles. The van der Waals surface area contributed by atoms with Crippen LogP contribution in [0.15, 0.2) is 6.20 Å². The number of rotatable bonds is 3. The lowest BCUT2D eigenvalue weighted by atomic mass is 9.93. The Morgan fingerprint density at radius 3 is 3.00 bits per heavy atom. The van der Waals surface area contributed by atoms with Gasteiger partial charge in [-0.3, -0.25) is 4.68 Å². The molecule has 4 nitrogen and oxygen atoms in total. The lowest BCUT2D eigenvalue weighted by molar-refractivity contribution is 0.0842. The van der Waals surface area contributed by atoms with Crippen LogP contribution >= 0.6 is 0 Å². The van der Waals surface area contributed by atoms with Gasteiger partial charge in [-0.05, 0) is 12.8 Å². The van der Waals surface area contributed by atoms with Gasteiger partial charge in [0.2, 0.25) is 6.54 Å². The van der Waals surface area contributed by atoms with Gasteiger partial charge in [0.25, 0.3) is 0 Å². The third kappa shape index (κ3) is 2.42. The summed E-state index contributed by atoms with van der Waals surface area (Å²) in [5, 5.41) is 4.55. The molecule has 0 amide bonds. The molecule has 1 aromatic heterocycles. The fraction of sp³-hybridized carbons (Fsp3) is 0.667. The number of hydrogen-bond donors (Lipinski definition) is 0. The van der Waals surface area contributed by atoms with E-state index < -0.39 is 0 Å². The molecule has 0 saturated carbocycles. The Morgan fingerprint density at radius 1 is 1.56 bits per heavy atom. The van der Waals surface area contributed by atoms with Crippen molar-refractivity contribution in [1.82, 2.24) is 9.78 Å². The zero-order chi connectivity index (χ0) is 11.4.